The lowest BCUT2D eigenvalue weighted by Gasteiger charge is -2.11. The van der Waals surface area contributed by atoms with Crippen LogP contribution in [0.25, 0.3) is 0 Å². The van der Waals surface area contributed by atoms with E-state index < -0.39 is 11.9 Å². The zero-order chi connectivity index (χ0) is 17.8. The Morgan fingerprint density at radius 3 is 2.96 bits per heavy atom. The van der Waals surface area contributed by atoms with Crippen LogP contribution in [0.1, 0.15) is 34.2 Å². The normalized spacial score (nSPS) is 13.0. The summed E-state index contributed by atoms with van der Waals surface area (Å²) in [4.78, 5) is 24.3. The summed E-state index contributed by atoms with van der Waals surface area (Å²) in [6.45, 7) is 2.84. The van der Waals surface area contributed by atoms with Crippen LogP contribution in [0.15, 0.2) is 12.1 Å². The monoisotopic (exact) mass is 383 g/mol. The number of anilines is 1. The second-order valence-corrected chi connectivity index (χ2v) is 6.12. The number of amides is 1. The molecule has 25 heavy (non-hydrogen) atoms. The van der Waals surface area contributed by atoms with Crippen molar-refractivity contribution in [3.63, 3.8) is 0 Å². The topological polar surface area (TPSA) is 99.6 Å². The minimum Gasteiger partial charge on any atom is -0.489 e. The van der Waals surface area contributed by atoms with Gasteiger partial charge in [0.05, 0.1) is 24.8 Å². The number of fused-ring (bicyclic) bond motifs is 1. The van der Waals surface area contributed by atoms with E-state index >= 15 is 0 Å². The summed E-state index contributed by atoms with van der Waals surface area (Å²) in [5, 5.41) is 6.76. The van der Waals surface area contributed by atoms with Crippen molar-refractivity contribution in [1.29, 1.82) is 0 Å². The maximum Gasteiger partial charge on any atom is 0.362 e. The van der Waals surface area contributed by atoms with E-state index in [0.29, 0.717) is 24.7 Å². The van der Waals surface area contributed by atoms with E-state index in [2.05, 4.69) is 14.9 Å². The van der Waals surface area contributed by atoms with E-state index in [1.54, 1.807) is 13.0 Å². The highest BCUT2D eigenvalue weighted by Crippen LogP contribution is 2.38. The Morgan fingerprint density at radius 2 is 2.16 bits per heavy atom. The average Bonchev–Trinajstić information content (AvgIpc) is 2.90. The van der Waals surface area contributed by atoms with Crippen LogP contribution in [0, 0.1) is 0 Å². The Balaban J connectivity index is 1.83. The number of benzene rings is 1. The highest BCUT2D eigenvalue weighted by atomic mass is 35.5. The number of rotatable bonds is 4. The second kappa shape index (κ2) is 7.66. The molecule has 0 bridgehead atoms. The molecule has 0 saturated heterocycles. The second-order valence-electron chi connectivity index (χ2n) is 4.96. The van der Waals surface area contributed by atoms with Gasteiger partial charge in [0.25, 0.3) is 5.91 Å². The molecule has 2 heterocycles. The number of carbonyl (C=O) groups excluding carboxylic acids is 2. The van der Waals surface area contributed by atoms with Crippen LogP contribution in [-0.2, 0) is 4.74 Å². The summed E-state index contributed by atoms with van der Waals surface area (Å²) in [5.74, 6) is -0.303. The molecule has 0 fully saturated rings. The predicted octanol–water partition coefficient (Wildman–Crippen LogP) is 2.78. The molecule has 0 unspecified atom stereocenters. The molecule has 10 heteroatoms. The standard InChI is InChI=1S/C15H14ClN3O5S/c1-2-22-15(21)11-14(25-19-18-11)17-13(20)8-6-9(16)12-10(7-8)23-4-3-5-24-12/h6-7H,2-5H2,1H3,(H,17,20). The van der Waals surface area contributed by atoms with Crippen molar-refractivity contribution in [2.45, 2.75) is 13.3 Å². The van der Waals surface area contributed by atoms with Gasteiger partial charge >= 0.3 is 5.97 Å². The Kier molecular flexibility index (Phi) is 5.34. The van der Waals surface area contributed by atoms with Crippen LogP contribution in [0.2, 0.25) is 5.02 Å². The van der Waals surface area contributed by atoms with E-state index in [1.807, 2.05) is 0 Å². The lowest BCUT2D eigenvalue weighted by Crippen LogP contribution is -2.15. The first-order valence-electron chi connectivity index (χ1n) is 7.50. The van der Waals surface area contributed by atoms with E-state index in [1.165, 1.54) is 6.07 Å². The summed E-state index contributed by atoms with van der Waals surface area (Å²) in [5.41, 5.74) is 0.220. The molecule has 2 aromatic rings. The van der Waals surface area contributed by atoms with Crippen LogP contribution in [0.3, 0.4) is 0 Å². The molecule has 0 spiro atoms. The fraction of sp³-hybridized carbons (Fsp3) is 0.333. The third-order valence-electron chi connectivity index (χ3n) is 3.25. The number of halogens is 1. The molecule has 3 rings (SSSR count). The van der Waals surface area contributed by atoms with Gasteiger partial charge in [-0.3, -0.25) is 4.79 Å². The molecule has 0 atom stereocenters. The van der Waals surface area contributed by atoms with E-state index in [0.717, 1.165) is 18.0 Å². The summed E-state index contributed by atoms with van der Waals surface area (Å²) in [6.07, 6.45) is 0.724. The predicted molar refractivity (Wildman–Crippen MR) is 90.9 cm³/mol. The Hall–Kier alpha value is -2.39. The molecule has 1 aliphatic rings. The molecule has 8 nitrogen and oxygen atoms in total. The third kappa shape index (κ3) is 3.83. The van der Waals surface area contributed by atoms with Gasteiger partial charge in [0, 0.05) is 23.5 Å². The van der Waals surface area contributed by atoms with Crippen molar-refractivity contribution in [2.24, 2.45) is 0 Å². The van der Waals surface area contributed by atoms with Crippen LogP contribution < -0.4 is 14.8 Å². The molecule has 1 aliphatic heterocycles. The van der Waals surface area contributed by atoms with Crippen LogP contribution in [-0.4, -0.2) is 41.3 Å². The Morgan fingerprint density at radius 1 is 1.36 bits per heavy atom. The van der Waals surface area contributed by atoms with Gasteiger partial charge in [-0.1, -0.05) is 16.1 Å². The minimum atomic E-state index is -0.650. The number of aromatic nitrogens is 2. The summed E-state index contributed by atoms with van der Waals surface area (Å²) in [7, 11) is 0. The van der Waals surface area contributed by atoms with E-state index in [-0.39, 0.29) is 27.9 Å². The van der Waals surface area contributed by atoms with Crippen LogP contribution in [0.4, 0.5) is 5.00 Å². The summed E-state index contributed by atoms with van der Waals surface area (Å²) >= 11 is 7.07. The van der Waals surface area contributed by atoms with Crippen molar-refractivity contribution >= 4 is 40.0 Å². The van der Waals surface area contributed by atoms with Gasteiger partial charge < -0.3 is 19.5 Å². The maximum absolute atomic E-state index is 12.5. The van der Waals surface area contributed by atoms with E-state index in [4.69, 9.17) is 25.8 Å². The van der Waals surface area contributed by atoms with Gasteiger partial charge in [-0.15, -0.1) is 5.10 Å². The summed E-state index contributed by atoms with van der Waals surface area (Å²) in [6, 6.07) is 3.02. The quantitative estimate of drug-likeness (QED) is 0.810. The van der Waals surface area contributed by atoms with Crippen LogP contribution in [0.5, 0.6) is 11.5 Å². The van der Waals surface area contributed by atoms with Crippen molar-refractivity contribution in [1.82, 2.24) is 9.59 Å². The highest BCUT2D eigenvalue weighted by Gasteiger charge is 2.22. The molecule has 1 amide bonds. The van der Waals surface area contributed by atoms with Gasteiger partial charge in [0.1, 0.15) is 0 Å². The largest absolute Gasteiger partial charge is 0.489 e. The van der Waals surface area contributed by atoms with Crippen molar-refractivity contribution in [3.05, 3.63) is 28.4 Å². The van der Waals surface area contributed by atoms with Gasteiger partial charge in [-0.25, -0.2) is 4.79 Å². The van der Waals surface area contributed by atoms with Gasteiger partial charge in [-0.2, -0.15) is 0 Å². The number of hydrogen-bond donors (Lipinski definition) is 1. The fourth-order valence-electron chi connectivity index (χ4n) is 2.14. The van der Waals surface area contributed by atoms with Gasteiger partial charge in [0.15, 0.2) is 16.5 Å². The first kappa shape index (κ1) is 17.4. The Bertz CT molecular complexity index is 810. The van der Waals surface area contributed by atoms with Gasteiger partial charge in [0.2, 0.25) is 5.69 Å². The Labute approximate surface area is 152 Å². The smallest absolute Gasteiger partial charge is 0.362 e. The number of nitrogens with zero attached hydrogens (tertiary/aromatic N) is 2. The molecule has 0 saturated carbocycles. The minimum absolute atomic E-state index is 0.0411. The first-order valence-corrected chi connectivity index (χ1v) is 8.65. The van der Waals surface area contributed by atoms with Crippen molar-refractivity contribution in [3.8, 4) is 11.5 Å². The maximum atomic E-state index is 12.5. The molecular formula is C15H14ClN3O5S. The number of ether oxygens (including phenoxy) is 3. The molecule has 132 valence electrons. The fourth-order valence-corrected chi connectivity index (χ4v) is 2.96. The zero-order valence-electron chi connectivity index (χ0n) is 13.2. The number of hydrogen-bond acceptors (Lipinski definition) is 8. The zero-order valence-corrected chi connectivity index (χ0v) is 14.8. The average molecular weight is 384 g/mol. The third-order valence-corrected chi connectivity index (χ3v) is 4.17. The number of nitrogens with one attached hydrogen (secondary N) is 1. The van der Waals surface area contributed by atoms with Crippen molar-refractivity contribution in [2.75, 3.05) is 25.1 Å². The molecule has 1 N–H and O–H groups in total. The lowest BCUT2D eigenvalue weighted by molar-refractivity contribution is 0.0520. The number of esters is 1. The molecule has 0 radical (unpaired) electrons. The number of carbonyl (C=O) groups is 2. The van der Waals surface area contributed by atoms with Crippen LogP contribution >= 0.6 is 23.1 Å². The SMILES string of the molecule is CCOC(=O)c1nnsc1NC(=O)c1cc(Cl)c2c(c1)OCCCO2. The lowest BCUT2D eigenvalue weighted by atomic mass is 10.2. The molecular weight excluding hydrogens is 370 g/mol. The van der Waals surface area contributed by atoms with Crippen molar-refractivity contribution < 1.29 is 23.8 Å². The first-order chi connectivity index (χ1) is 12.1. The molecule has 1 aromatic carbocycles. The molecule has 1 aromatic heterocycles. The summed E-state index contributed by atoms with van der Waals surface area (Å²) < 4.78 is 19.6. The molecule has 0 aliphatic carbocycles. The van der Waals surface area contributed by atoms with E-state index in [9.17, 15) is 9.59 Å². The highest BCUT2D eigenvalue weighted by molar-refractivity contribution is 7.10. The van der Waals surface area contributed by atoms with Gasteiger partial charge in [-0.05, 0) is 19.1 Å².